The molecule has 1 N–H and O–H groups in total. The molecule has 0 bridgehead atoms. The third-order valence-corrected chi connectivity index (χ3v) is 1.82. The quantitative estimate of drug-likeness (QED) is 0.584. The summed E-state index contributed by atoms with van der Waals surface area (Å²) in [6.45, 7) is 4.26. The molecule has 58 valence electrons. The number of hydrogen-bond acceptors (Lipinski definition) is 2. The Morgan fingerprint density at radius 2 is 2.40 bits per heavy atom. The molecule has 1 rings (SSSR count). The Bertz CT molecular complexity index is 136. The maximum atomic E-state index is 10.1. The molecule has 3 nitrogen and oxygen atoms in total. The van der Waals surface area contributed by atoms with E-state index in [1.807, 2.05) is 0 Å². The summed E-state index contributed by atoms with van der Waals surface area (Å²) in [4.78, 5) is 12.3. The Kier molecular flexibility index (Phi) is 2.27. The fraction of sp³-hybridized carbons (Fsp3) is 0.857. The lowest BCUT2D eigenvalue weighted by Gasteiger charge is -1.97. The van der Waals surface area contributed by atoms with Crippen LogP contribution in [0.3, 0.4) is 0 Å². The van der Waals surface area contributed by atoms with Gasteiger partial charge < -0.3 is 5.11 Å². The minimum atomic E-state index is -0.686. The van der Waals surface area contributed by atoms with Crippen molar-refractivity contribution in [3.63, 3.8) is 0 Å². The highest BCUT2D eigenvalue weighted by molar-refractivity contribution is 5.66. The maximum absolute atomic E-state index is 10.1. The molecule has 3 heteroatoms. The summed E-state index contributed by atoms with van der Waals surface area (Å²) in [7, 11) is 0. The second-order valence-corrected chi connectivity index (χ2v) is 2.84. The van der Waals surface area contributed by atoms with Gasteiger partial charge in [0, 0.05) is 19.0 Å². The second kappa shape index (κ2) is 3.01. The van der Waals surface area contributed by atoms with Gasteiger partial charge in [0.15, 0.2) is 0 Å². The summed E-state index contributed by atoms with van der Waals surface area (Å²) in [5, 5.41) is 8.29. The van der Waals surface area contributed by atoms with E-state index in [1.165, 1.54) is 0 Å². The highest BCUT2D eigenvalue weighted by atomic mass is 16.4. The Balaban J connectivity index is 1.91. The number of hydrogen-bond donors (Lipinski definition) is 1. The molecule has 0 aromatic heterocycles. The molecule has 1 saturated heterocycles. The van der Waals surface area contributed by atoms with Gasteiger partial charge >= 0.3 is 5.97 Å². The number of carbonyl (C=O) groups is 1. The SMILES string of the molecule is CC1CN1CCCC(=O)O. The van der Waals surface area contributed by atoms with Gasteiger partial charge in [0.1, 0.15) is 0 Å². The van der Waals surface area contributed by atoms with E-state index in [0.29, 0.717) is 12.5 Å². The van der Waals surface area contributed by atoms with Crippen LogP contribution in [0.1, 0.15) is 19.8 Å². The molecule has 1 fully saturated rings. The maximum Gasteiger partial charge on any atom is 0.303 e. The minimum absolute atomic E-state index is 0.309. The van der Waals surface area contributed by atoms with Crippen molar-refractivity contribution in [3.8, 4) is 0 Å². The molecular formula is C7H13NO2. The van der Waals surface area contributed by atoms with Crippen molar-refractivity contribution in [2.45, 2.75) is 25.8 Å². The van der Waals surface area contributed by atoms with Crippen LogP contribution in [0.25, 0.3) is 0 Å². The van der Waals surface area contributed by atoms with E-state index in [0.717, 1.165) is 19.5 Å². The van der Waals surface area contributed by atoms with Gasteiger partial charge in [-0.15, -0.1) is 0 Å². The summed E-state index contributed by atoms with van der Waals surface area (Å²) in [6, 6.07) is 0.703. The van der Waals surface area contributed by atoms with Crippen molar-refractivity contribution in [3.05, 3.63) is 0 Å². The van der Waals surface area contributed by atoms with Crippen molar-refractivity contribution >= 4 is 5.97 Å². The Hall–Kier alpha value is -0.570. The van der Waals surface area contributed by atoms with Gasteiger partial charge in [-0.1, -0.05) is 0 Å². The summed E-state index contributed by atoms with van der Waals surface area (Å²) in [6.07, 6.45) is 1.10. The van der Waals surface area contributed by atoms with Crippen LogP contribution >= 0.6 is 0 Å². The molecule has 1 aliphatic heterocycles. The van der Waals surface area contributed by atoms with Gasteiger partial charge in [0.25, 0.3) is 0 Å². The van der Waals surface area contributed by atoms with Gasteiger partial charge in [-0.2, -0.15) is 0 Å². The lowest BCUT2D eigenvalue weighted by atomic mass is 10.3. The summed E-state index contributed by atoms with van der Waals surface area (Å²) in [5.41, 5.74) is 0. The van der Waals surface area contributed by atoms with Crippen LogP contribution in [-0.4, -0.2) is 35.1 Å². The van der Waals surface area contributed by atoms with E-state index in [-0.39, 0.29) is 0 Å². The molecule has 0 aliphatic carbocycles. The van der Waals surface area contributed by atoms with Crippen molar-refractivity contribution in [1.29, 1.82) is 0 Å². The number of carboxylic acids is 1. The topological polar surface area (TPSA) is 40.3 Å². The first kappa shape index (κ1) is 7.54. The summed E-state index contributed by atoms with van der Waals surface area (Å²) < 4.78 is 0. The van der Waals surface area contributed by atoms with E-state index in [4.69, 9.17) is 5.11 Å². The summed E-state index contributed by atoms with van der Waals surface area (Å²) >= 11 is 0. The van der Waals surface area contributed by atoms with Gasteiger partial charge in [0.05, 0.1) is 0 Å². The van der Waals surface area contributed by atoms with Gasteiger partial charge in [-0.25, -0.2) is 0 Å². The number of carboxylic acid groups (broad SMARTS) is 1. The van der Waals surface area contributed by atoms with E-state index in [1.54, 1.807) is 0 Å². The predicted octanol–water partition coefficient (Wildman–Crippen LogP) is 0.555. The predicted molar refractivity (Wildman–Crippen MR) is 37.9 cm³/mol. The zero-order valence-electron chi connectivity index (χ0n) is 6.21. The molecule has 1 aliphatic rings. The van der Waals surface area contributed by atoms with Crippen LogP contribution in [0.2, 0.25) is 0 Å². The van der Waals surface area contributed by atoms with Gasteiger partial charge in [-0.05, 0) is 19.9 Å². The zero-order chi connectivity index (χ0) is 7.56. The molecule has 0 amide bonds. The lowest BCUT2D eigenvalue weighted by Crippen LogP contribution is -2.04. The first-order valence-corrected chi connectivity index (χ1v) is 3.66. The molecule has 0 saturated carbocycles. The normalized spacial score (nSPS) is 30.1. The zero-order valence-corrected chi connectivity index (χ0v) is 6.21. The van der Waals surface area contributed by atoms with E-state index >= 15 is 0 Å². The van der Waals surface area contributed by atoms with Gasteiger partial charge in [0.2, 0.25) is 0 Å². The molecule has 0 aromatic rings. The fourth-order valence-corrected chi connectivity index (χ4v) is 1.04. The number of rotatable bonds is 4. The van der Waals surface area contributed by atoms with Crippen LogP contribution < -0.4 is 0 Å². The average molecular weight is 143 g/mol. The molecule has 1 heterocycles. The van der Waals surface area contributed by atoms with Gasteiger partial charge in [-0.3, -0.25) is 9.69 Å². The first-order valence-electron chi connectivity index (χ1n) is 3.66. The highest BCUT2D eigenvalue weighted by Gasteiger charge is 2.27. The van der Waals surface area contributed by atoms with Crippen LogP contribution in [0.5, 0.6) is 0 Å². The Morgan fingerprint density at radius 3 is 2.80 bits per heavy atom. The lowest BCUT2D eigenvalue weighted by molar-refractivity contribution is -0.137. The minimum Gasteiger partial charge on any atom is -0.481 e. The Morgan fingerprint density at radius 1 is 1.80 bits per heavy atom. The van der Waals surface area contributed by atoms with E-state index in [9.17, 15) is 4.79 Å². The van der Waals surface area contributed by atoms with Crippen LogP contribution in [0.4, 0.5) is 0 Å². The van der Waals surface area contributed by atoms with Crippen LogP contribution in [-0.2, 0) is 4.79 Å². The van der Waals surface area contributed by atoms with E-state index in [2.05, 4.69) is 11.8 Å². The Labute approximate surface area is 60.6 Å². The second-order valence-electron chi connectivity index (χ2n) is 2.84. The molecule has 0 radical (unpaired) electrons. The largest absolute Gasteiger partial charge is 0.481 e. The molecule has 10 heavy (non-hydrogen) atoms. The fourth-order valence-electron chi connectivity index (χ4n) is 1.04. The molecule has 0 aromatic carbocycles. The third-order valence-electron chi connectivity index (χ3n) is 1.82. The average Bonchev–Trinajstić information content (AvgIpc) is 2.46. The van der Waals surface area contributed by atoms with E-state index < -0.39 is 5.97 Å². The smallest absolute Gasteiger partial charge is 0.303 e. The monoisotopic (exact) mass is 143 g/mol. The van der Waals surface area contributed by atoms with Crippen LogP contribution in [0.15, 0.2) is 0 Å². The standard InChI is InChI=1S/C7H13NO2/c1-6-5-8(6)4-2-3-7(9)10/h6H,2-5H2,1H3,(H,9,10). The number of nitrogens with zero attached hydrogens (tertiary/aromatic N) is 1. The van der Waals surface area contributed by atoms with Crippen molar-refractivity contribution in [1.82, 2.24) is 4.90 Å². The van der Waals surface area contributed by atoms with Crippen molar-refractivity contribution in [2.75, 3.05) is 13.1 Å². The van der Waals surface area contributed by atoms with Crippen LogP contribution in [0, 0.1) is 0 Å². The molecular weight excluding hydrogens is 130 g/mol. The van der Waals surface area contributed by atoms with Crippen molar-refractivity contribution < 1.29 is 9.90 Å². The molecule has 2 unspecified atom stereocenters. The highest BCUT2D eigenvalue weighted by Crippen LogP contribution is 2.15. The molecule has 2 atom stereocenters. The third kappa shape index (κ3) is 2.35. The molecule has 0 spiro atoms. The summed E-state index contributed by atoms with van der Waals surface area (Å²) in [5.74, 6) is -0.686. The number of aliphatic carboxylic acids is 1. The first-order chi connectivity index (χ1) is 4.70. The van der Waals surface area contributed by atoms with Crippen molar-refractivity contribution in [2.24, 2.45) is 0 Å².